The predicted molar refractivity (Wildman–Crippen MR) is 47.1 cm³/mol. The van der Waals surface area contributed by atoms with Gasteiger partial charge in [0.2, 0.25) is 5.91 Å². The molecule has 0 heterocycles. The molecule has 1 saturated carbocycles. The molecule has 70 valence electrons. The van der Waals surface area contributed by atoms with E-state index in [1.165, 1.54) is 0 Å². The van der Waals surface area contributed by atoms with E-state index in [-0.39, 0.29) is 23.8 Å². The summed E-state index contributed by atoms with van der Waals surface area (Å²) in [6.45, 7) is 0.562. The highest BCUT2D eigenvalue weighted by Crippen LogP contribution is 2.24. The van der Waals surface area contributed by atoms with Crippen molar-refractivity contribution in [3.8, 4) is 0 Å². The van der Waals surface area contributed by atoms with Crippen LogP contribution in [0.1, 0.15) is 19.3 Å². The molecule has 0 spiro atoms. The van der Waals surface area contributed by atoms with Crippen molar-refractivity contribution in [2.75, 3.05) is 12.4 Å². The van der Waals surface area contributed by atoms with Gasteiger partial charge >= 0.3 is 0 Å². The van der Waals surface area contributed by atoms with Crippen LogP contribution in [0.2, 0.25) is 0 Å². The molecule has 2 N–H and O–H groups in total. The van der Waals surface area contributed by atoms with Crippen LogP contribution in [0.25, 0.3) is 0 Å². The van der Waals surface area contributed by atoms with Crippen molar-refractivity contribution in [1.29, 1.82) is 0 Å². The smallest absolute Gasteiger partial charge is 0.234 e. The number of nitrogens with one attached hydrogen (secondary N) is 1. The van der Waals surface area contributed by atoms with Gasteiger partial charge in [-0.25, -0.2) is 0 Å². The molecule has 0 bridgehead atoms. The van der Waals surface area contributed by atoms with Gasteiger partial charge in [-0.15, -0.1) is 11.6 Å². The van der Waals surface area contributed by atoms with Crippen molar-refractivity contribution in [3.05, 3.63) is 0 Å². The number of halogens is 1. The zero-order chi connectivity index (χ0) is 8.97. The predicted octanol–water partition coefficient (Wildman–Crippen LogP) is 0.502. The van der Waals surface area contributed by atoms with Gasteiger partial charge in [0, 0.05) is 12.5 Å². The van der Waals surface area contributed by atoms with Gasteiger partial charge in [0.15, 0.2) is 0 Å². The van der Waals surface area contributed by atoms with Crippen LogP contribution >= 0.6 is 11.6 Å². The molecular formula is C8H14ClNO2. The highest BCUT2D eigenvalue weighted by atomic mass is 35.5. The van der Waals surface area contributed by atoms with Crippen LogP contribution in [-0.4, -0.2) is 29.5 Å². The van der Waals surface area contributed by atoms with Crippen LogP contribution in [-0.2, 0) is 4.79 Å². The van der Waals surface area contributed by atoms with Gasteiger partial charge < -0.3 is 10.4 Å². The monoisotopic (exact) mass is 191 g/mol. The summed E-state index contributed by atoms with van der Waals surface area (Å²) in [5.74, 6) is 0.0796. The summed E-state index contributed by atoms with van der Waals surface area (Å²) in [7, 11) is 0. The minimum Gasteiger partial charge on any atom is -0.393 e. The highest BCUT2D eigenvalue weighted by molar-refractivity contribution is 6.27. The van der Waals surface area contributed by atoms with Gasteiger partial charge in [0.25, 0.3) is 0 Å². The summed E-state index contributed by atoms with van der Waals surface area (Å²) >= 11 is 5.30. The van der Waals surface area contributed by atoms with Crippen molar-refractivity contribution >= 4 is 17.5 Å². The molecule has 1 fully saturated rings. The van der Waals surface area contributed by atoms with Gasteiger partial charge in [-0.05, 0) is 12.8 Å². The van der Waals surface area contributed by atoms with Crippen molar-refractivity contribution in [2.24, 2.45) is 5.92 Å². The Morgan fingerprint density at radius 3 is 2.83 bits per heavy atom. The molecule has 2 unspecified atom stereocenters. The lowest BCUT2D eigenvalue weighted by atomic mass is 10.1. The number of hydrogen-bond acceptors (Lipinski definition) is 2. The molecular weight excluding hydrogens is 178 g/mol. The standard InChI is InChI=1S/C8H14ClNO2/c9-4-8(12)10-5-6-2-1-3-7(6)11/h6-7,11H,1-5H2,(H,10,12). The molecule has 1 aliphatic rings. The summed E-state index contributed by atoms with van der Waals surface area (Å²) in [4.78, 5) is 10.8. The lowest BCUT2D eigenvalue weighted by Gasteiger charge is -2.14. The molecule has 1 rings (SSSR count). The maximum absolute atomic E-state index is 10.8. The van der Waals surface area contributed by atoms with Crippen molar-refractivity contribution in [3.63, 3.8) is 0 Å². The van der Waals surface area contributed by atoms with Crippen LogP contribution in [0, 0.1) is 5.92 Å². The third kappa shape index (κ3) is 2.64. The average molecular weight is 192 g/mol. The first-order chi connectivity index (χ1) is 5.74. The van der Waals surface area contributed by atoms with Gasteiger partial charge in [0.05, 0.1) is 6.10 Å². The second-order valence-corrected chi connectivity index (χ2v) is 3.46. The van der Waals surface area contributed by atoms with Crippen molar-refractivity contribution in [1.82, 2.24) is 5.32 Å². The maximum Gasteiger partial charge on any atom is 0.234 e. The summed E-state index contributed by atoms with van der Waals surface area (Å²) in [6, 6.07) is 0. The maximum atomic E-state index is 10.8. The Labute approximate surface area is 77.1 Å². The molecule has 0 aromatic carbocycles. The normalized spacial score (nSPS) is 28.8. The molecule has 12 heavy (non-hydrogen) atoms. The third-order valence-corrected chi connectivity index (χ3v) is 2.54. The number of carbonyl (C=O) groups excluding carboxylic acids is 1. The Balaban J connectivity index is 2.18. The van der Waals surface area contributed by atoms with Gasteiger partial charge in [-0.1, -0.05) is 6.42 Å². The molecule has 4 heteroatoms. The van der Waals surface area contributed by atoms with Crippen molar-refractivity contribution < 1.29 is 9.90 Å². The Morgan fingerprint density at radius 1 is 1.58 bits per heavy atom. The van der Waals surface area contributed by atoms with Crippen LogP contribution in [0.5, 0.6) is 0 Å². The van der Waals surface area contributed by atoms with E-state index in [0.717, 1.165) is 19.3 Å². The zero-order valence-corrected chi connectivity index (χ0v) is 7.68. The van der Waals surface area contributed by atoms with Crippen molar-refractivity contribution in [2.45, 2.75) is 25.4 Å². The van der Waals surface area contributed by atoms with E-state index >= 15 is 0 Å². The van der Waals surface area contributed by atoms with Crippen LogP contribution in [0.4, 0.5) is 0 Å². The first kappa shape index (κ1) is 9.81. The number of amides is 1. The fourth-order valence-corrected chi connectivity index (χ4v) is 1.64. The van der Waals surface area contributed by atoms with E-state index in [1.807, 2.05) is 0 Å². The number of aliphatic hydroxyl groups is 1. The molecule has 3 nitrogen and oxygen atoms in total. The SMILES string of the molecule is O=C(CCl)NCC1CCCC1O. The van der Waals surface area contributed by atoms with Crippen LogP contribution < -0.4 is 5.32 Å². The number of alkyl halides is 1. The Bertz CT molecular complexity index is 163. The lowest BCUT2D eigenvalue weighted by molar-refractivity contribution is -0.118. The second-order valence-electron chi connectivity index (χ2n) is 3.20. The van der Waals surface area contributed by atoms with E-state index < -0.39 is 0 Å². The van der Waals surface area contributed by atoms with Crippen LogP contribution in [0.15, 0.2) is 0 Å². The molecule has 0 radical (unpaired) electrons. The van der Waals surface area contributed by atoms with Gasteiger partial charge in [-0.3, -0.25) is 4.79 Å². The number of rotatable bonds is 3. The molecule has 0 saturated heterocycles. The zero-order valence-electron chi connectivity index (χ0n) is 6.92. The van der Waals surface area contributed by atoms with E-state index in [2.05, 4.69) is 5.32 Å². The summed E-state index contributed by atoms with van der Waals surface area (Å²) in [5, 5.41) is 12.1. The average Bonchev–Trinajstić information content (AvgIpc) is 2.47. The topological polar surface area (TPSA) is 49.3 Å². The van der Waals surface area contributed by atoms with E-state index in [4.69, 9.17) is 11.6 Å². The molecule has 1 aliphatic carbocycles. The van der Waals surface area contributed by atoms with Gasteiger partial charge in [-0.2, -0.15) is 0 Å². The minimum atomic E-state index is -0.236. The summed E-state index contributed by atoms with van der Waals surface area (Å²) < 4.78 is 0. The van der Waals surface area contributed by atoms with E-state index in [0.29, 0.717) is 6.54 Å². The number of hydrogen-bond donors (Lipinski definition) is 2. The molecule has 1 amide bonds. The largest absolute Gasteiger partial charge is 0.393 e. The third-order valence-electron chi connectivity index (χ3n) is 2.30. The second kappa shape index (κ2) is 4.67. The van der Waals surface area contributed by atoms with E-state index in [1.54, 1.807) is 0 Å². The first-order valence-corrected chi connectivity index (χ1v) is 4.78. The quantitative estimate of drug-likeness (QED) is 0.639. The Morgan fingerprint density at radius 2 is 2.33 bits per heavy atom. The molecule has 0 aromatic rings. The minimum absolute atomic E-state index is 0.00279. The highest BCUT2D eigenvalue weighted by Gasteiger charge is 2.24. The first-order valence-electron chi connectivity index (χ1n) is 4.24. The molecule has 2 atom stereocenters. The fraction of sp³-hybridized carbons (Fsp3) is 0.875. The number of carbonyl (C=O) groups is 1. The summed E-state index contributed by atoms with van der Waals surface area (Å²) in [5.41, 5.74) is 0. The van der Waals surface area contributed by atoms with Gasteiger partial charge in [0.1, 0.15) is 5.88 Å². The molecule has 0 aromatic heterocycles. The van der Waals surface area contributed by atoms with E-state index in [9.17, 15) is 9.90 Å². The number of aliphatic hydroxyl groups excluding tert-OH is 1. The van der Waals surface area contributed by atoms with Crippen LogP contribution in [0.3, 0.4) is 0 Å². The molecule has 0 aliphatic heterocycles. The summed E-state index contributed by atoms with van der Waals surface area (Å²) in [6.07, 6.45) is 2.69. The Kier molecular flexibility index (Phi) is 3.82. The Hall–Kier alpha value is -0.280. The lowest BCUT2D eigenvalue weighted by Crippen LogP contribution is -2.33. The fourth-order valence-electron chi connectivity index (χ4n) is 1.55.